The van der Waals surface area contributed by atoms with Gasteiger partial charge in [-0.15, -0.1) is 30.7 Å². The van der Waals surface area contributed by atoms with E-state index < -0.39 is 159 Å². The Labute approximate surface area is 405 Å². The highest BCUT2D eigenvalue weighted by molar-refractivity contribution is 7.87. The van der Waals surface area contributed by atoms with Gasteiger partial charge in [-0.2, -0.15) is 42.1 Å². The Morgan fingerprint density at radius 2 is 1.10 bits per heavy atom. The second-order valence-electron chi connectivity index (χ2n) is 14.1. The molecule has 5 aromatic carbocycles. The van der Waals surface area contributed by atoms with Crippen LogP contribution in [0.25, 0.3) is 16.5 Å². The van der Waals surface area contributed by atoms with Crippen molar-refractivity contribution >= 4 is 95.5 Å². The molecule has 72 heavy (non-hydrogen) atoms. The largest absolute Gasteiger partial charge is 0.505 e. The zero-order valence-corrected chi connectivity index (χ0v) is 40.0. The summed E-state index contributed by atoms with van der Waals surface area (Å²) in [5, 5.41) is 54.1. The maximum absolute atomic E-state index is 13.5. The van der Waals surface area contributed by atoms with E-state index in [9.17, 15) is 85.0 Å². The summed E-state index contributed by atoms with van der Waals surface area (Å²) in [6.45, 7) is -2.07. The number of hydrogen-bond donors (Lipinski definition) is 9. The van der Waals surface area contributed by atoms with Gasteiger partial charge < -0.3 is 29.5 Å². The van der Waals surface area contributed by atoms with Crippen LogP contribution in [0.15, 0.2) is 128 Å². The highest BCUT2D eigenvalue weighted by Crippen LogP contribution is 2.47. The van der Waals surface area contributed by atoms with E-state index in [0.717, 1.165) is 60.7 Å². The molecule has 6 rings (SSSR count). The van der Waals surface area contributed by atoms with E-state index >= 15 is 0 Å². The van der Waals surface area contributed by atoms with E-state index in [0.29, 0.717) is 10.7 Å². The highest BCUT2D eigenvalue weighted by Gasteiger charge is 2.29. The molecular weight excluding hydrogens is 1070 g/mol. The van der Waals surface area contributed by atoms with Crippen molar-refractivity contribution in [2.75, 3.05) is 33.5 Å². The van der Waals surface area contributed by atoms with Gasteiger partial charge in [-0.25, -0.2) is 4.68 Å². The smallest absolute Gasteiger partial charge is 0.299 e. The first-order valence-electron chi connectivity index (χ1n) is 19.3. The molecule has 1 heterocycles. The quantitative estimate of drug-likeness (QED) is 0.0378. The summed E-state index contributed by atoms with van der Waals surface area (Å²) in [4.78, 5) is 9.50. The van der Waals surface area contributed by atoms with Gasteiger partial charge in [0.1, 0.15) is 79.3 Å². The molecule has 0 amide bonds. The summed E-state index contributed by atoms with van der Waals surface area (Å²) in [5.74, 6) is -3.18. The highest BCUT2D eigenvalue weighted by atomic mass is 32.2. The maximum atomic E-state index is 13.5. The average Bonchev–Trinajstić information content (AvgIpc) is 3.59. The zero-order chi connectivity index (χ0) is 53.1. The van der Waals surface area contributed by atoms with Gasteiger partial charge in [-0.1, -0.05) is 0 Å². The number of aliphatic hydroxyl groups excluding tert-OH is 2. The van der Waals surface area contributed by atoms with Crippen molar-refractivity contribution in [2.45, 2.75) is 25.3 Å². The van der Waals surface area contributed by atoms with Crippen LogP contribution in [0.4, 0.5) is 34.1 Å². The summed E-state index contributed by atoms with van der Waals surface area (Å²) < 4.78 is 189. The number of aromatic nitrogens is 2. The second-order valence-corrected chi connectivity index (χ2v) is 21.2. The molecule has 30 nitrogen and oxygen atoms in total. The number of nitrogens with one attached hydrogen (secondary N) is 1. The first-order chi connectivity index (χ1) is 33.5. The Hall–Kier alpha value is -7.16. The van der Waals surface area contributed by atoms with E-state index in [4.69, 9.17) is 14.2 Å². The fourth-order valence-electron chi connectivity index (χ4n) is 6.30. The molecular formula is C37H34N8O22S5. The number of fused-ring (bicyclic) bond motifs is 1. The molecule has 6 aromatic rings. The van der Waals surface area contributed by atoms with Crippen molar-refractivity contribution < 1.29 is 94.4 Å². The van der Waals surface area contributed by atoms with Gasteiger partial charge >= 0.3 is 0 Å². The first kappa shape index (κ1) is 54.2. The molecule has 384 valence electrons. The number of hydrogen-bond acceptors (Lipinski definition) is 23. The van der Waals surface area contributed by atoms with Crippen LogP contribution < -0.4 is 19.8 Å². The van der Waals surface area contributed by atoms with Crippen molar-refractivity contribution in [1.82, 2.24) is 9.78 Å². The lowest BCUT2D eigenvalue weighted by atomic mass is 10.1. The van der Waals surface area contributed by atoms with Crippen molar-refractivity contribution in [3.63, 3.8) is 0 Å². The van der Waals surface area contributed by atoms with Crippen LogP contribution in [0, 0.1) is 0 Å². The number of methoxy groups -OCH3 is 1. The molecule has 0 aliphatic carbocycles. The van der Waals surface area contributed by atoms with Crippen LogP contribution in [0.1, 0.15) is 5.69 Å². The topological polar surface area (TPSA) is 472 Å². The summed E-state index contributed by atoms with van der Waals surface area (Å²) in [6, 6.07) is 11.2. The Bertz CT molecular complexity index is 3860. The number of aromatic hydroxyl groups is 1. The number of benzene rings is 5. The zero-order valence-electron chi connectivity index (χ0n) is 35.9. The van der Waals surface area contributed by atoms with Crippen molar-refractivity contribution in [1.29, 1.82) is 0 Å². The van der Waals surface area contributed by atoms with E-state index in [2.05, 4.69) is 35.8 Å². The second kappa shape index (κ2) is 20.9. The number of phenolic OH excluding ortho intramolecular Hbond substituents is 1. The number of azo groups is 3. The van der Waals surface area contributed by atoms with Crippen LogP contribution in [-0.4, -0.2) is 123 Å². The predicted octanol–water partition coefficient (Wildman–Crippen LogP) is 4.40. The maximum Gasteiger partial charge on any atom is 0.299 e. The monoisotopic (exact) mass is 1100 g/mol. The first-order valence-corrected chi connectivity index (χ1v) is 26.6. The minimum Gasteiger partial charge on any atom is -0.505 e. The molecule has 0 aliphatic heterocycles. The number of ether oxygens (including phenoxy) is 3. The van der Waals surface area contributed by atoms with Crippen LogP contribution in [-0.2, 0) is 56.3 Å². The lowest BCUT2D eigenvalue weighted by Crippen LogP contribution is -2.14. The molecule has 0 atom stereocenters. The van der Waals surface area contributed by atoms with Gasteiger partial charge in [0.2, 0.25) is 0 Å². The number of rotatable bonds is 20. The molecule has 0 fully saturated rings. The lowest BCUT2D eigenvalue weighted by Gasteiger charge is -2.14. The standard InChI is InChI=1S/C37H34N8O22S5/c1-65-20-4-8-24(31(14-20)70(56,57)58)38-40-26-16-30(67-13-11-47)27(17-29(26)66-12-10-46)41-43-34-32(71(59,60)61)15-23-22(35(34)48)7-9-25(36(23)72(62,63)64)39-42-33-28(18-68(50,51)52)44-45(37(33)49)19-2-5-21(6-3-19)69(53,54)55/h2-9,14-17,44,46-48H,10-13,18H2,1H3,(H,50,51,52)(H,53,54,55)(H,56,57,58)(H,59,60,61)(H,62,63,64). The van der Waals surface area contributed by atoms with Gasteiger partial charge in [0.25, 0.3) is 56.1 Å². The minimum absolute atomic E-state index is 0.0251. The van der Waals surface area contributed by atoms with Gasteiger partial charge in [0.15, 0.2) is 11.4 Å². The Morgan fingerprint density at radius 1 is 0.569 bits per heavy atom. The van der Waals surface area contributed by atoms with Crippen molar-refractivity contribution in [3.8, 4) is 28.7 Å². The van der Waals surface area contributed by atoms with Gasteiger partial charge in [0.05, 0.1) is 36.6 Å². The van der Waals surface area contributed by atoms with Crippen LogP contribution in [0.2, 0.25) is 0 Å². The third-order valence-corrected chi connectivity index (χ3v) is 13.5. The molecule has 0 aliphatic rings. The minimum atomic E-state index is -5.61. The van der Waals surface area contributed by atoms with Gasteiger partial charge in [-0.3, -0.25) is 32.7 Å². The van der Waals surface area contributed by atoms with E-state index in [1.165, 1.54) is 13.2 Å². The predicted molar refractivity (Wildman–Crippen MR) is 244 cm³/mol. The van der Waals surface area contributed by atoms with Crippen LogP contribution >= 0.6 is 0 Å². The van der Waals surface area contributed by atoms with Crippen LogP contribution in [0.3, 0.4) is 0 Å². The van der Waals surface area contributed by atoms with Gasteiger partial charge in [-0.05, 0) is 54.6 Å². The van der Waals surface area contributed by atoms with Crippen LogP contribution in [0.5, 0.6) is 23.0 Å². The summed E-state index contributed by atoms with van der Waals surface area (Å²) in [6.07, 6.45) is 0. The number of aromatic amines is 1. The van der Waals surface area contributed by atoms with E-state index in [-0.39, 0.29) is 28.6 Å². The molecule has 35 heteroatoms. The summed E-state index contributed by atoms with van der Waals surface area (Å²) >= 11 is 0. The molecule has 0 unspecified atom stereocenters. The molecule has 0 saturated heterocycles. The molecule has 0 bridgehead atoms. The molecule has 0 saturated carbocycles. The third kappa shape index (κ3) is 12.5. The Morgan fingerprint density at radius 3 is 1.61 bits per heavy atom. The van der Waals surface area contributed by atoms with Crippen molar-refractivity contribution in [3.05, 3.63) is 88.8 Å². The number of phenols is 1. The fourth-order valence-corrected chi connectivity index (χ4v) is 9.45. The third-order valence-electron chi connectivity index (χ3n) is 9.32. The normalized spacial score (nSPS) is 12.9. The SMILES string of the molecule is COc1ccc(N=Nc2cc(OCCO)c(N=Nc3c(S(=O)(=O)O)cc4c(S(=O)(=O)O)c(N=Nc5c(CS(=O)(=O)O)[nH]n(-c6ccc(S(=O)(=O)O)cc6)c5=O)ccc4c3O)cc2OCCO)c(S(=O)(=O)O)c1. The number of nitrogens with zero attached hydrogens (tertiary/aromatic N) is 7. The molecule has 0 spiro atoms. The van der Waals surface area contributed by atoms with E-state index in [1.54, 1.807) is 0 Å². The van der Waals surface area contributed by atoms with E-state index in [1.807, 2.05) is 0 Å². The Kier molecular flexibility index (Phi) is 15.7. The summed E-state index contributed by atoms with van der Waals surface area (Å²) in [7, 11) is -24.5. The molecule has 9 N–H and O–H groups in total. The number of aliphatic hydroxyl groups is 2. The lowest BCUT2D eigenvalue weighted by molar-refractivity contribution is 0.198. The molecule has 1 aromatic heterocycles. The number of H-pyrrole nitrogens is 1. The summed E-state index contributed by atoms with van der Waals surface area (Å²) in [5.41, 5.74) is -6.11. The van der Waals surface area contributed by atoms with Crippen molar-refractivity contribution in [2.24, 2.45) is 30.7 Å². The average molecular weight is 1100 g/mol. The molecule has 0 radical (unpaired) electrons. The Balaban J connectivity index is 1.50. The van der Waals surface area contributed by atoms with Gasteiger partial charge in [0, 0.05) is 29.0 Å². The fraction of sp³-hybridized carbons (Fsp3) is 0.162.